The van der Waals surface area contributed by atoms with E-state index in [2.05, 4.69) is 15.2 Å². The summed E-state index contributed by atoms with van der Waals surface area (Å²) in [5, 5.41) is 6.97. The van der Waals surface area contributed by atoms with Crippen molar-refractivity contribution in [3.05, 3.63) is 17.0 Å². The second-order valence-electron chi connectivity index (χ2n) is 3.44. The molecule has 0 atom stereocenters. The van der Waals surface area contributed by atoms with E-state index in [1.54, 1.807) is 0 Å². The number of hydrogen-bond donors (Lipinski definition) is 1. The first kappa shape index (κ1) is 11.6. The summed E-state index contributed by atoms with van der Waals surface area (Å²) in [5.41, 5.74) is 3.37. The minimum Gasteiger partial charge on any atom is -0.453 e. The number of carbonyl (C=O) groups excluding carboxylic acids is 1. The number of rotatable bonds is 3. The summed E-state index contributed by atoms with van der Waals surface area (Å²) >= 11 is 0. The van der Waals surface area contributed by atoms with E-state index >= 15 is 0 Å². The van der Waals surface area contributed by atoms with Crippen LogP contribution in [0.1, 0.15) is 17.0 Å². The predicted molar refractivity (Wildman–Crippen MR) is 56.8 cm³/mol. The first-order chi connectivity index (χ1) is 7.06. The van der Waals surface area contributed by atoms with Gasteiger partial charge in [0.25, 0.3) is 0 Å². The molecule has 0 fully saturated rings. The van der Waals surface area contributed by atoms with E-state index in [-0.39, 0.29) is 0 Å². The molecule has 0 spiro atoms. The quantitative estimate of drug-likeness (QED) is 0.816. The molecular weight excluding hydrogens is 194 g/mol. The number of aryl methyl sites for hydroxylation is 1. The lowest BCUT2D eigenvalue weighted by atomic mass is 10.2. The summed E-state index contributed by atoms with van der Waals surface area (Å²) < 4.78 is 6.36. The number of amides is 1. The van der Waals surface area contributed by atoms with Gasteiger partial charge in [-0.25, -0.2) is 4.79 Å². The number of carbonyl (C=O) groups is 1. The number of ether oxygens (including phenoxy) is 1. The fraction of sp³-hybridized carbons (Fsp3) is 0.600. The topological polar surface area (TPSA) is 56.1 Å². The Morgan fingerprint density at radius 2 is 2.13 bits per heavy atom. The lowest BCUT2D eigenvalue weighted by Gasteiger charge is -2.05. The molecule has 0 unspecified atom stereocenters. The van der Waals surface area contributed by atoms with Crippen molar-refractivity contribution < 1.29 is 9.53 Å². The highest BCUT2D eigenvalue weighted by molar-refractivity contribution is 5.66. The lowest BCUT2D eigenvalue weighted by molar-refractivity contribution is 0.170. The van der Waals surface area contributed by atoms with Crippen molar-refractivity contribution in [3.63, 3.8) is 0 Å². The van der Waals surface area contributed by atoms with Gasteiger partial charge in [0.15, 0.2) is 0 Å². The van der Waals surface area contributed by atoms with E-state index in [0.29, 0.717) is 13.1 Å². The molecule has 1 rings (SSSR count). The van der Waals surface area contributed by atoms with Crippen LogP contribution in [0.25, 0.3) is 0 Å². The Hall–Kier alpha value is -1.52. The van der Waals surface area contributed by atoms with Crippen LogP contribution in [0.4, 0.5) is 4.79 Å². The van der Waals surface area contributed by atoms with Gasteiger partial charge in [-0.1, -0.05) is 0 Å². The summed E-state index contributed by atoms with van der Waals surface area (Å²) in [4.78, 5) is 10.8. The molecule has 15 heavy (non-hydrogen) atoms. The number of nitrogens with zero attached hydrogens (tertiary/aromatic N) is 2. The van der Waals surface area contributed by atoms with Crippen molar-refractivity contribution in [2.45, 2.75) is 27.3 Å². The van der Waals surface area contributed by atoms with Crippen LogP contribution < -0.4 is 5.32 Å². The van der Waals surface area contributed by atoms with Gasteiger partial charge in [-0.2, -0.15) is 5.10 Å². The highest BCUT2D eigenvalue weighted by Crippen LogP contribution is 2.09. The van der Waals surface area contributed by atoms with Crippen molar-refractivity contribution in [3.8, 4) is 0 Å². The third-order valence-electron chi connectivity index (χ3n) is 2.52. The van der Waals surface area contributed by atoms with Gasteiger partial charge < -0.3 is 10.1 Å². The summed E-state index contributed by atoms with van der Waals surface area (Å²) in [6.07, 6.45) is -0.409. The third-order valence-corrected chi connectivity index (χ3v) is 2.52. The number of aromatic nitrogens is 2. The van der Waals surface area contributed by atoms with Gasteiger partial charge in [-0.05, 0) is 26.3 Å². The maximum Gasteiger partial charge on any atom is 0.406 e. The van der Waals surface area contributed by atoms with E-state index in [0.717, 1.165) is 11.4 Å². The standard InChI is InChI=1S/C10H17N3O2/c1-7-8(2)12-13(9(7)3)6-5-11-10(14)15-4/h5-6H2,1-4H3,(H,11,14). The van der Waals surface area contributed by atoms with E-state index in [4.69, 9.17) is 0 Å². The molecule has 5 heteroatoms. The van der Waals surface area contributed by atoms with Crippen molar-refractivity contribution in [1.29, 1.82) is 0 Å². The molecular formula is C10H17N3O2. The summed E-state index contributed by atoms with van der Waals surface area (Å²) in [6.45, 7) is 7.23. The van der Waals surface area contributed by atoms with Crippen LogP contribution in [0.2, 0.25) is 0 Å². The summed E-state index contributed by atoms with van der Waals surface area (Å²) in [7, 11) is 1.35. The lowest BCUT2D eigenvalue weighted by Crippen LogP contribution is -2.27. The number of hydrogen-bond acceptors (Lipinski definition) is 3. The highest BCUT2D eigenvalue weighted by Gasteiger charge is 2.06. The van der Waals surface area contributed by atoms with Crippen LogP contribution in [0.15, 0.2) is 0 Å². The Morgan fingerprint density at radius 3 is 2.60 bits per heavy atom. The van der Waals surface area contributed by atoms with Gasteiger partial charge in [-0.3, -0.25) is 4.68 Å². The minimum atomic E-state index is -0.409. The Morgan fingerprint density at radius 1 is 1.47 bits per heavy atom. The zero-order valence-corrected chi connectivity index (χ0v) is 9.63. The van der Waals surface area contributed by atoms with Crippen molar-refractivity contribution in [2.75, 3.05) is 13.7 Å². The van der Waals surface area contributed by atoms with Crippen LogP contribution in [0.3, 0.4) is 0 Å². The van der Waals surface area contributed by atoms with Gasteiger partial charge in [0, 0.05) is 12.2 Å². The zero-order valence-electron chi connectivity index (χ0n) is 9.63. The number of nitrogens with one attached hydrogen (secondary N) is 1. The second-order valence-corrected chi connectivity index (χ2v) is 3.44. The second kappa shape index (κ2) is 4.82. The highest BCUT2D eigenvalue weighted by atomic mass is 16.5. The van der Waals surface area contributed by atoms with Crippen LogP contribution in [0.5, 0.6) is 0 Å². The first-order valence-electron chi connectivity index (χ1n) is 4.88. The summed E-state index contributed by atoms with van der Waals surface area (Å²) in [5.74, 6) is 0. The minimum absolute atomic E-state index is 0.409. The Bertz CT molecular complexity index is 358. The normalized spacial score (nSPS) is 10.1. The van der Waals surface area contributed by atoms with E-state index < -0.39 is 6.09 Å². The number of alkyl carbamates (subject to hydrolysis) is 1. The summed E-state index contributed by atoms with van der Waals surface area (Å²) in [6, 6.07) is 0. The molecule has 1 heterocycles. The molecule has 1 aromatic heterocycles. The Kier molecular flexibility index (Phi) is 3.71. The van der Waals surface area contributed by atoms with Gasteiger partial charge in [0.1, 0.15) is 0 Å². The Balaban J connectivity index is 2.51. The van der Waals surface area contributed by atoms with E-state index in [1.807, 2.05) is 25.5 Å². The largest absolute Gasteiger partial charge is 0.453 e. The van der Waals surface area contributed by atoms with Crippen molar-refractivity contribution >= 4 is 6.09 Å². The van der Waals surface area contributed by atoms with Gasteiger partial charge in [-0.15, -0.1) is 0 Å². The molecule has 0 aliphatic carbocycles. The van der Waals surface area contributed by atoms with Crippen molar-refractivity contribution in [2.24, 2.45) is 0 Å². The molecule has 1 aromatic rings. The van der Waals surface area contributed by atoms with Crippen molar-refractivity contribution in [1.82, 2.24) is 15.1 Å². The van der Waals surface area contributed by atoms with Crippen LogP contribution in [0, 0.1) is 20.8 Å². The molecule has 0 aliphatic rings. The molecule has 0 saturated heterocycles. The SMILES string of the molecule is COC(=O)NCCn1nc(C)c(C)c1C. The average molecular weight is 211 g/mol. The molecule has 84 valence electrons. The molecule has 0 aromatic carbocycles. The fourth-order valence-electron chi connectivity index (χ4n) is 1.34. The third kappa shape index (κ3) is 2.71. The van der Waals surface area contributed by atoms with Crippen LogP contribution in [-0.2, 0) is 11.3 Å². The molecule has 0 aliphatic heterocycles. The molecule has 1 N–H and O–H groups in total. The van der Waals surface area contributed by atoms with E-state index in [1.165, 1.54) is 12.7 Å². The molecule has 0 bridgehead atoms. The first-order valence-corrected chi connectivity index (χ1v) is 4.88. The molecule has 0 radical (unpaired) electrons. The van der Waals surface area contributed by atoms with E-state index in [9.17, 15) is 4.79 Å². The maximum absolute atomic E-state index is 10.8. The molecule has 5 nitrogen and oxygen atoms in total. The molecule has 0 saturated carbocycles. The smallest absolute Gasteiger partial charge is 0.406 e. The van der Waals surface area contributed by atoms with Crippen LogP contribution >= 0.6 is 0 Å². The predicted octanol–water partition coefficient (Wildman–Crippen LogP) is 1.16. The monoisotopic (exact) mass is 211 g/mol. The van der Waals surface area contributed by atoms with Gasteiger partial charge in [0.2, 0.25) is 0 Å². The zero-order chi connectivity index (χ0) is 11.4. The fourth-order valence-corrected chi connectivity index (χ4v) is 1.34. The maximum atomic E-state index is 10.8. The van der Waals surface area contributed by atoms with Gasteiger partial charge >= 0.3 is 6.09 Å². The van der Waals surface area contributed by atoms with Crippen LogP contribution in [-0.4, -0.2) is 29.5 Å². The average Bonchev–Trinajstić information content (AvgIpc) is 2.46. The Labute approximate surface area is 89.4 Å². The van der Waals surface area contributed by atoms with Gasteiger partial charge in [0.05, 0.1) is 19.3 Å². The molecule has 1 amide bonds. The number of methoxy groups -OCH3 is 1.